The van der Waals surface area contributed by atoms with Gasteiger partial charge < -0.3 is 0 Å². The summed E-state index contributed by atoms with van der Waals surface area (Å²) in [7, 11) is 0. The van der Waals surface area contributed by atoms with E-state index in [4.69, 9.17) is 15.0 Å². The van der Waals surface area contributed by atoms with Crippen molar-refractivity contribution < 1.29 is 0 Å². The molecule has 9 rings (SSSR count). The Labute approximate surface area is 316 Å². The summed E-state index contributed by atoms with van der Waals surface area (Å²) < 4.78 is 0. The molecule has 0 spiro atoms. The Balaban J connectivity index is 1.22. The summed E-state index contributed by atoms with van der Waals surface area (Å²) in [4.78, 5) is 15.2. The van der Waals surface area contributed by atoms with Gasteiger partial charge in [-0.05, 0) is 73.8 Å². The molecule has 0 fully saturated rings. The first kappa shape index (κ1) is 32.7. The molecule has 0 bridgehead atoms. The van der Waals surface area contributed by atoms with Crippen molar-refractivity contribution in [2.75, 3.05) is 0 Å². The Morgan fingerprint density at radius 2 is 0.463 bits per heavy atom. The van der Waals surface area contributed by atoms with E-state index >= 15 is 0 Å². The molecule has 0 saturated heterocycles. The number of aromatic nitrogens is 3. The summed E-state index contributed by atoms with van der Waals surface area (Å²) in [6.07, 6.45) is 0. The van der Waals surface area contributed by atoms with Gasteiger partial charge in [0, 0.05) is 16.7 Å². The predicted molar refractivity (Wildman–Crippen MR) is 223 cm³/mol. The highest BCUT2D eigenvalue weighted by Crippen LogP contribution is 2.43. The summed E-state index contributed by atoms with van der Waals surface area (Å²) in [5.74, 6) is 1.91. The van der Waals surface area contributed by atoms with Crippen molar-refractivity contribution in [3.05, 3.63) is 212 Å². The number of rotatable bonds is 8. The van der Waals surface area contributed by atoms with Gasteiger partial charge in [-0.25, -0.2) is 15.0 Å². The topological polar surface area (TPSA) is 38.7 Å². The normalized spacial score (nSPS) is 11.0. The fourth-order valence-corrected chi connectivity index (χ4v) is 7.14. The molecule has 54 heavy (non-hydrogen) atoms. The molecule has 0 unspecified atom stereocenters. The van der Waals surface area contributed by atoms with Gasteiger partial charge in [0.1, 0.15) is 0 Å². The Hall–Kier alpha value is -7.23. The van der Waals surface area contributed by atoms with E-state index in [2.05, 4.69) is 152 Å². The number of hydrogen-bond acceptors (Lipinski definition) is 3. The summed E-state index contributed by atoms with van der Waals surface area (Å²) in [6, 6.07) is 74.3. The largest absolute Gasteiger partial charge is 0.208 e. The van der Waals surface area contributed by atoms with Gasteiger partial charge in [0.15, 0.2) is 17.5 Å². The van der Waals surface area contributed by atoms with Crippen molar-refractivity contribution in [1.82, 2.24) is 15.0 Å². The molecule has 1 heterocycles. The van der Waals surface area contributed by atoms with E-state index in [1.54, 1.807) is 0 Å². The molecule has 254 valence electrons. The van der Waals surface area contributed by atoms with Gasteiger partial charge in [-0.1, -0.05) is 194 Å². The van der Waals surface area contributed by atoms with Crippen LogP contribution >= 0.6 is 0 Å². The molecule has 0 aliphatic heterocycles. The standard InChI is InChI=1S/C51H35N3/c1-5-19-36(20-6-1)40-33-41(37-21-7-2-8-22-37)35-42(34-40)43-27-13-14-28-44(43)45-29-15-16-30-46(45)47-31-17-18-32-48(47)51-53-49(38-23-9-3-10-24-38)52-50(54-51)39-25-11-4-12-26-39/h1-35H. The third kappa shape index (κ3) is 6.63. The van der Waals surface area contributed by atoms with Gasteiger partial charge >= 0.3 is 0 Å². The Bertz CT molecular complexity index is 2390. The molecule has 0 N–H and O–H groups in total. The molecule has 3 nitrogen and oxygen atoms in total. The van der Waals surface area contributed by atoms with Gasteiger partial charge in [0.2, 0.25) is 0 Å². The second-order valence-corrected chi connectivity index (χ2v) is 13.2. The van der Waals surface area contributed by atoms with Gasteiger partial charge in [0.05, 0.1) is 0 Å². The van der Waals surface area contributed by atoms with E-state index in [1.165, 1.54) is 22.3 Å². The monoisotopic (exact) mass is 689 g/mol. The lowest BCUT2D eigenvalue weighted by atomic mass is 9.86. The van der Waals surface area contributed by atoms with Crippen LogP contribution in [-0.4, -0.2) is 15.0 Å². The quantitative estimate of drug-likeness (QED) is 0.159. The maximum absolute atomic E-state index is 5.11. The van der Waals surface area contributed by atoms with Crippen LogP contribution in [0.25, 0.3) is 89.8 Å². The highest BCUT2D eigenvalue weighted by atomic mass is 15.0. The van der Waals surface area contributed by atoms with E-state index in [1.807, 2.05) is 60.7 Å². The van der Waals surface area contributed by atoms with Crippen LogP contribution in [0.5, 0.6) is 0 Å². The molecule has 0 atom stereocenters. The molecule has 0 saturated carbocycles. The van der Waals surface area contributed by atoms with Crippen molar-refractivity contribution in [1.29, 1.82) is 0 Å². The summed E-state index contributed by atoms with van der Waals surface area (Å²) >= 11 is 0. The fourth-order valence-electron chi connectivity index (χ4n) is 7.14. The van der Waals surface area contributed by atoms with E-state index in [0.29, 0.717) is 17.5 Å². The first-order valence-corrected chi connectivity index (χ1v) is 18.2. The minimum atomic E-state index is 0.629. The lowest BCUT2D eigenvalue weighted by Gasteiger charge is -2.18. The average molecular weight is 690 g/mol. The number of hydrogen-bond donors (Lipinski definition) is 0. The third-order valence-corrected chi connectivity index (χ3v) is 9.76. The van der Waals surface area contributed by atoms with Crippen molar-refractivity contribution >= 4 is 0 Å². The van der Waals surface area contributed by atoms with Crippen LogP contribution < -0.4 is 0 Å². The van der Waals surface area contributed by atoms with Crippen molar-refractivity contribution in [3.8, 4) is 89.8 Å². The van der Waals surface area contributed by atoms with Crippen LogP contribution in [0, 0.1) is 0 Å². The molecular weight excluding hydrogens is 655 g/mol. The first-order valence-electron chi connectivity index (χ1n) is 18.2. The smallest absolute Gasteiger partial charge is 0.164 e. The van der Waals surface area contributed by atoms with Crippen LogP contribution in [0.3, 0.4) is 0 Å². The highest BCUT2D eigenvalue weighted by molar-refractivity contribution is 5.96. The maximum Gasteiger partial charge on any atom is 0.164 e. The van der Waals surface area contributed by atoms with Crippen LogP contribution in [0.15, 0.2) is 212 Å². The van der Waals surface area contributed by atoms with Gasteiger partial charge in [-0.15, -0.1) is 0 Å². The molecule has 0 aliphatic rings. The zero-order valence-corrected chi connectivity index (χ0v) is 29.5. The Morgan fingerprint density at radius 3 is 0.889 bits per heavy atom. The summed E-state index contributed by atoms with van der Waals surface area (Å²) in [6.45, 7) is 0. The van der Waals surface area contributed by atoms with Crippen molar-refractivity contribution in [2.45, 2.75) is 0 Å². The third-order valence-electron chi connectivity index (χ3n) is 9.76. The van der Waals surface area contributed by atoms with E-state index in [9.17, 15) is 0 Å². The summed E-state index contributed by atoms with van der Waals surface area (Å²) in [5, 5.41) is 0. The second-order valence-electron chi connectivity index (χ2n) is 13.2. The second kappa shape index (κ2) is 14.8. The first-order chi connectivity index (χ1) is 26.8. The van der Waals surface area contributed by atoms with E-state index < -0.39 is 0 Å². The van der Waals surface area contributed by atoms with Crippen LogP contribution in [-0.2, 0) is 0 Å². The molecule has 0 radical (unpaired) electrons. The molecule has 8 aromatic carbocycles. The van der Waals surface area contributed by atoms with Crippen molar-refractivity contribution in [3.63, 3.8) is 0 Å². The molecule has 0 amide bonds. The molecular formula is C51H35N3. The summed E-state index contributed by atoms with van der Waals surface area (Å²) in [5.41, 5.74) is 14.3. The predicted octanol–water partition coefficient (Wildman–Crippen LogP) is 13.2. The zero-order chi connectivity index (χ0) is 36.1. The number of nitrogens with zero attached hydrogens (tertiary/aromatic N) is 3. The molecule has 0 aliphatic carbocycles. The number of benzene rings is 8. The van der Waals surface area contributed by atoms with Crippen LogP contribution in [0.2, 0.25) is 0 Å². The van der Waals surface area contributed by atoms with E-state index in [-0.39, 0.29) is 0 Å². The highest BCUT2D eigenvalue weighted by Gasteiger charge is 2.19. The maximum atomic E-state index is 5.11. The molecule has 3 heteroatoms. The van der Waals surface area contributed by atoms with Gasteiger partial charge in [-0.3, -0.25) is 0 Å². The SMILES string of the molecule is c1ccc(-c2cc(-c3ccccc3)cc(-c3ccccc3-c3ccccc3-c3ccccc3-c3nc(-c4ccccc4)nc(-c4ccccc4)n3)c2)cc1. The van der Waals surface area contributed by atoms with Gasteiger partial charge in [0.25, 0.3) is 0 Å². The van der Waals surface area contributed by atoms with E-state index in [0.717, 1.165) is 50.1 Å². The molecule has 9 aromatic rings. The zero-order valence-electron chi connectivity index (χ0n) is 29.5. The Morgan fingerprint density at radius 1 is 0.185 bits per heavy atom. The minimum absolute atomic E-state index is 0.629. The Kier molecular flexibility index (Phi) is 8.94. The van der Waals surface area contributed by atoms with Crippen LogP contribution in [0.1, 0.15) is 0 Å². The minimum Gasteiger partial charge on any atom is -0.208 e. The lowest BCUT2D eigenvalue weighted by Crippen LogP contribution is -2.01. The van der Waals surface area contributed by atoms with Crippen LogP contribution in [0.4, 0.5) is 0 Å². The lowest BCUT2D eigenvalue weighted by molar-refractivity contribution is 1.07. The molecule has 1 aromatic heterocycles. The fraction of sp³-hybridized carbons (Fsp3) is 0. The van der Waals surface area contributed by atoms with Crippen molar-refractivity contribution in [2.24, 2.45) is 0 Å². The van der Waals surface area contributed by atoms with Gasteiger partial charge in [-0.2, -0.15) is 0 Å². The average Bonchev–Trinajstić information content (AvgIpc) is 3.27.